The van der Waals surface area contributed by atoms with Gasteiger partial charge < -0.3 is 14.8 Å². The summed E-state index contributed by atoms with van der Waals surface area (Å²) >= 11 is 0. The third-order valence-corrected chi connectivity index (χ3v) is 2.65. The number of carbonyl (C=O) groups is 1. The number of carbonyl (C=O) groups excluding carboxylic acids is 1. The third-order valence-electron chi connectivity index (χ3n) is 2.65. The van der Waals surface area contributed by atoms with Crippen LogP contribution >= 0.6 is 0 Å². The minimum Gasteiger partial charge on any atom is -0.490 e. The fraction of sp³-hybridized carbons (Fsp3) is 0.692. The van der Waals surface area contributed by atoms with E-state index in [-0.39, 0.29) is 12.0 Å². The second-order valence-corrected chi connectivity index (χ2v) is 4.17. The number of aryl methyl sites for hydroxylation is 1. The molecule has 0 fully saturated rings. The molecule has 1 rings (SSSR count). The Morgan fingerprint density at radius 2 is 2.32 bits per heavy atom. The zero-order valence-corrected chi connectivity index (χ0v) is 11.9. The lowest BCUT2D eigenvalue weighted by molar-refractivity contribution is -0.145. The largest absolute Gasteiger partial charge is 0.490 e. The predicted molar refractivity (Wildman–Crippen MR) is 72.1 cm³/mol. The van der Waals surface area contributed by atoms with Crippen LogP contribution in [0.15, 0.2) is 12.4 Å². The highest BCUT2D eigenvalue weighted by atomic mass is 16.5. The molecule has 1 N–H and O–H groups in total. The first-order valence-electron chi connectivity index (χ1n) is 6.70. The Labute approximate surface area is 114 Å². The third kappa shape index (κ3) is 5.30. The fourth-order valence-corrected chi connectivity index (χ4v) is 1.65. The van der Waals surface area contributed by atoms with E-state index in [4.69, 9.17) is 9.47 Å². The van der Waals surface area contributed by atoms with Gasteiger partial charge in [0.15, 0.2) is 5.75 Å². The van der Waals surface area contributed by atoms with Crippen LogP contribution in [0.4, 0.5) is 0 Å². The molecule has 1 aromatic rings. The van der Waals surface area contributed by atoms with Crippen LogP contribution in [0.25, 0.3) is 0 Å². The Balaban J connectivity index is 2.41. The SMILES string of the molecule is CCCOc1cnn(CCC(NC)C(=O)OCC)c1. The zero-order valence-electron chi connectivity index (χ0n) is 11.9. The number of rotatable bonds is 9. The van der Waals surface area contributed by atoms with Gasteiger partial charge in [0, 0.05) is 6.54 Å². The van der Waals surface area contributed by atoms with Crippen LogP contribution in [0.5, 0.6) is 5.75 Å². The number of nitrogens with one attached hydrogen (secondary N) is 1. The van der Waals surface area contributed by atoms with Gasteiger partial charge in [0.1, 0.15) is 6.04 Å². The summed E-state index contributed by atoms with van der Waals surface area (Å²) in [5, 5.41) is 7.14. The van der Waals surface area contributed by atoms with Crippen molar-refractivity contribution >= 4 is 5.97 Å². The quantitative estimate of drug-likeness (QED) is 0.683. The van der Waals surface area contributed by atoms with E-state index < -0.39 is 0 Å². The highest BCUT2D eigenvalue weighted by molar-refractivity contribution is 5.75. The van der Waals surface area contributed by atoms with E-state index in [1.165, 1.54) is 0 Å². The molecule has 1 unspecified atom stereocenters. The van der Waals surface area contributed by atoms with Crippen molar-refractivity contribution in [3.05, 3.63) is 12.4 Å². The van der Waals surface area contributed by atoms with Gasteiger partial charge in [-0.25, -0.2) is 0 Å². The molecule has 19 heavy (non-hydrogen) atoms. The molecular weight excluding hydrogens is 246 g/mol. The second-order valence-electron chi connectivity index (χ2n) is 4.17. The van der Waals surface area contributed by atoms with Gasteiger partial charge in [0.25, 0.3) is 0 Å². The van der Waals surface area contributed by atoms with Crippen molar-refractivity contribution in [3.63, 3.8) is 0 Å². The molecule has 0 bridgehead atoms. The predicted octanol–water partition coefficient (Wildman–Crippen LogP) is 1.21. The van der Waals surface area contributed by atoms with Gasteiger partial charge in [-0.05, 0) is 26.8 Å². The molecule has 1 aromatic heterocycles. The number of hydrogen-bond acceptors (Lipinski definition) is 5. The van der Waals surface area contributed by atoms with Crippen molar-refractivity contribution in [2.45, 2.75) is 39.3 Å². The molecule has 1 heterocycles. The van der Waals surface area contributed by atoms with Crippen molar-refractivity contribution < 1.29 is 14.3 Å². The summed E-state index contributed by atoms with van der Waals surface area (Å²) in [4.78, 5) is 11.6. The summed E-state index contributed by atoms with van der Waals surface area (Å²) in [6, 6.07) is -0.302. The van der Waals surface area contributed by atoms with Crippen LogP contribution in [0, 0.1) is 0 Å². The monoisotopic (exact) mass is 269 g/mol. The Hall–Kier alpha value is -1.56. The average Bonchev–Trinajstić information content (AvgIpc) is 2.85. The van der Waals surface area contributed by atoms with Crippen LogP contribution in [0.3, 0.4) is 0 Å². The Morgan fingerprint density at radius 3 is 2.95 bits per heavy atom. The molecule has 0 amide bonds. The summed E-state index contributed by atoms with van der Waals surface area (Å²) < 4.78 is 12.2. The molecule has 0 saturated carbocycles. The molecular formula is C13H23N3O3. The van der Waals surface area contributed by atoms with Crippen molar-refractivity contribution in [2.24, 2.45) is 0 Å². The van der Waals surface area contributed by atoms with Crippen molar-refractivity contribution in [1.82, 2.24) is 15.1 Å². The molecule has 0 spiro atoms. The van der Waals surface area contributed by atoms with E-state index in [0.29, 0.717) is 26.2 Å². The van der Waals surface area contributed by atoms with E-state index in [0.717, 1.165) is 12.2 Å². The van der Waals surface area contributed by atoms with E-state index >= 15 is 0 Å². The highest BCUT2D eigenvalue weighted by Crippen LogP contribution is 2.09. The molecule has 108 valence electrons. The van der Waals surface area contributed by atoms with Crippen LogP contribution in [-0.4, -0.2) is 42.1 Å². The topological polar surface area (TPSA) is 65.4 Å². The molecule has 0 aromatic carbocycles. The maximum Gasteiger partial charge on any atom is 0.323 e. The minimum atomic E-state index is -0.302. The number of aromatic nitrogens is 2. The number of esters is 1. The molecule has 0 aliphatic carbocycles. The van der Waals surface area contributed by atoms with Gasteiger partial charge in [-0.1, -0.05) is 6.92 Å². The number of likely N-dealkylation sites (N-methyl/N-ethyl adjacent to an activating group) is 1. The van der Waals surface area contributed by atoms with Gasteiger partial charge >= 0.3 is 5.97 Å². The average molecular weight is 269 g/mol. The van der Waals surface area contributed by atoms with Crippen molar-refractivity contribution in [2.75, 3.05) is 20.3 Å². The van der Waals surface area contributed by atoms with Gasteiger partial charge in [-0.3, -0.25) is 9.48 Å². The lowest BCUT2D eigenvalue weighted by Gasteiger charge is -2.14. The Kier molecular flexibility index (Phi) is 6.95. The van der Waals surface area contributed by atoms with E-state index in [2.05, 4.69) is 17.3 Å². The molecule has 6 nitrogen and oxygen atoms in total. The van der Waals surface area contributed by atoms with Crippen LogP contribution in [0.1, 0.15) is 26.7 Å². The van der Waals surface area contributed by atoms with E-state index in [1.807, 2.05) is 6.20 Å². The molecule has 0 radical (unpaired) electrons. The molecule has 6 heteroatoms. The smallest absolute Gasteiger partial charge is 0.323 e. The van der Waals surface area contributed by atoms with Crippen LogP contribution in [-0.2, 0) is 16.1 Å². The van der Waals surface area contributed by atoms with Crippen molar-refractivity contribution in [3.8, 4) is 5.75 Å². The Bertz CT molecular complexity index is 379. The maximum atomic E-state index is 11.6. The van der Waals surface area contributed by atoms with E-state index in [1.54, 1.807) is 24.9 Å². The molecule has 0 saturated heterocycles. The van der Waals surface area contributed by atoms with Gasteiger partial charge in [0.2, 0.25) is 0 Å². The summed E-state index contributed by atoms with van der Waals surface area (Å²) in [7, 11) is 1.75. The highest BCUT2D eigenvalue weighted by Gasteiger charge is 2.17. The van der Waals surface area contributed by atoms with Crippen molar-refractivity contribution in [1.29, 1.82) is 0 Å². The second kappa shape index (κ2) is 8.53. The summed E-state index contributed by atoms with van der Waals surface area (Å²) in [6.45, 7) is 5.58. The minimum absolute atomic E-state index is 0.223. The van der Waals surface area contributed by atoms with Gasteiger partial charge in [-0.15, -0.1) is 0 Å². The fourth-order valence-electron chi connectivity index (χ4n) is 1.65. The van der Waals surface area contributed by atoms with Crippen LogP contribution in [0.2, 0.25) is 0 Å². The first kappa shape index (κ1) is 15.5. The molecule has 0 aliphatic heterocycles. The molecule has 0 aliphatic rings. The number of hydrogen-bond donors (Lipinski definition) is 1. The Morgan fingerprint density at radius 1 is 1.53 bits per heavy atom. The number of ether oxygens (including phenoxy) is 2. The molecule has 1 atom stereocenters. The van der Waals surface area contributed by atoms with Gasteiger partial charge in [-0.2, -0.15) is 5.10 Å². The van der Waals surface area contributed by atoms with Gasteiger partial charge in [0.05, 0.1) is 25.6 Å². The van der Waals surface area contributed by atoms with Crippen LogP contribution < -0.4 is 10.1 Å². The first-order valence-corrected chi connectivity index (χ1v) is 6.70. The lowest BCUT2D eigenvalue weighted by atomic mass is 10.2. The summed E-state index contributed by atoms with van der Waals surface area (Å²) in [5.41, 5.74) is 0. The maximum absolute atomic E-state index is 11.6. The summed E-state index contributed by atoms with van der Waals surface area (Å²) in [5.74, 6) is 0.540. The lowest BCUT2D eigenvalue weighted by Crippen LogP contribution is -2.36. The summed E-state index contributed by atoms with van der Waals surface area (Å²) in [6.07, 6.45) is 5.13. The standard InChI is InChI=1S/C13H23N3O3/c1-4-8-19-11-9-15-16(10-11)7-6-12(14-3)13(17)18-5-2/h9-10,12,14H,4-8H2,1-3H3. The number of nitrogens with zero attached hydrogens (tertiary/aromatic N) is 2. The van der Waals surface area contributed by atoms with E-state index in [9.17, 15) is 4.79 Å². The first-order chi connectivity index (χ1) is 9.21. The zero-order chi connectivity index (χ0) is 14.1. The normalized spacial score (nSPS) is 12.2.